The molecule has 1 saturated heterocycles. The number of aldehydes is 1. The molecule has 1 aliphatic rings. The molecule has 6 heteroatoms. The zero-order chi connectivity index (χ0) is 13.0. The maximum Gasteiger partial charge on any atom is 0.186 e. The minimum atomic E-state index is -0.325. The number of aliphatic hydroxyl groups excluding tert-OH is 1. The normalized spacial score (nSPS) is 19.7. The molecule has 2 rings (SSSR count). The van der Waals surface area contributed by atoms with Gasteiger partial charge in [-0.2, -0.15) is 5.10 Å². The maximum absolute atomic E-state index is 11.7. The molecule has 2 heterocycles. The highest BCUT2D eigenvalue weighted by molar-refractivity contribution is 6.00. The lowest BCUT2D eigenvalue weighted by Gasteiger charge is -2.22. The lowest BCUT2D eigenvalue weighted by Crippen LogP contribution is -2.19. The van der Waals surface area contributed by atoms with Gasteiger partial charge in [0.05, 0.1) is 12.2 Å². The van der Waals surface area contributed by atoms with Crippen LogP contribution in [-0.4, -0.2) is 40.2 Å². The Kier molecular flexibility index (Phi) is 4.22. The highest BCUT2D eigenvalue weighted by Crippen LogP contribution is 2.23. The van der Waals surface area contributed by atoms with Crippen LogP contribution in [0.5, 0.6) is 0 Å². The standard InChI is InChI=1S/C12H16N2O4/c15-5-4-10(17)12-9(8-16)7-14(13-12)11-3-1-2-6-18-11/h7-8,11,15H,1-6H2. The number of carbonyl (C=O) groups excluding carboxylic acids is 2. The minimum Gasteiger partial charge on any atom is -0.396 e. The number of ether oxygens (including phenoxy) is 1. The summed E-state index contributed by atoms with van der Waals surface area (Å²) in [5, 5.41) is 12.9. The quantitative estimate of drug-likeness (QED) is 0.623. The molecule has 0 bridgehead atoms. The molecule has 0 aromatic carbocycles. The number of nitrogens with zero attached hydrogens (tertiary/aromatic N) is 2. The third-order valence-electron chi connectivity index (χ3n) is 2.94. The van der Waals surface area contributed by atoms with Gasteiger partial charge in [0.1, 0.15) is 11.9 Å². The molecule has 1 unspecified atom stereocenters. The van der Waals surface area contributed by atoms with E-state index in [1.165, 1.54) is 10.9 Å². The smallest absolute Gasteiger partial charge is 0.186 e. The Balaban J connectivity index is 2.22. The third kappa shape index (κ3) is 2.65. The Hall–Kier alpha value is -1.53. The second-order valence-corrected chi connectivity index (χ2v) is 4.25. The largest absolute Gasteiger partial charge is 0.396 e. The van der Waals surface area contributed by atoms with E-state index in [9.17, 15) is 9.59 Å². The van der Waals surface area contributed by atoms with Crippen molar-refractivity contribution in [2.75, 3.05) is 13.2 Å². The summed E-state index contributed by atoms with van der Waals surface area (Å²) in [4.78, 5) is 22.6. The number of rotatable bonds is 5. The van der Waals surface area contributed by atoms with Crippen LogP contribution < -0.4 is 0 Å². The average Bonchev–Trinajstić information content (AvgIpc) is 2.84. The van der Waals surface area contributed by atoms with Crippen LogP contribution in [0.2, 0.25) is 0 Å². The predicted octanol–water partition coefficient (Wildman–Crippen LogP) is 0.960. The molecule has 0 saturated carbocycles. The zero-order valence-electron chi connectivity index (χ0n) is 10.0. The number of ketones is 1. The molecule has 1 aromatic rings. The Morgan fingerprint density at radius 2 is 2.44 bits per heavy atom. The van der Waals surface area contributed by atoms with Gasteiger partial charge in [-0.05, 0) is 19.3 Å². The van der Waals surface area contributed by atoms with Crippen molar-refractivity contribution >= 4 is 12.1 Å². The first kappa shape index (κ1) is 12.9. The van der Waals surface area contributed by atoms with Crippen LogP contribution in [0.4, 0.5) is 0 Å². The fraction of sp³-hybridized carbons (Fsp3) is 0.583. The van der Waals surface area contributed by atoms with Crippen molar-refractivity contribution in [2.45, 2.75) is 31.9 Å². The van der Waals surface area contributed by atoms with Crippen molar-refractivity contribution in [3.63, 3.8) is 0 Å². The van der Waals surface area contributed by atoms with Gasteiger partial charge in [-0.15, -0.1) is 0 Å². The van der Waals surface area contributed by atoms with Crippen molar-refractivity contribution in [3.8, 4) is 0 Å². The van der Waals surface area contributed by atoms with E-state index in [0.29, 0.717) is 12.9 Å². The van der Waals surface area contributed by atoms with Gasteiger partial charge in [0, 0.05) is 19.2 Å². The summed E-state index contributed by atoms with van der Waals surface area (Å²) in [6.07, 6.45) is 4.81. The average molecular weight is 252 g/mol. The Bertz CT molecular complexity index is 435. The fourth-order valence-corrected chi connectivity index (χ4v) is 2.01. The number of aromatic nitrogens is 2. The van der Waals surface area contributed by atoms with Crippen LogP contribution in [-0.2, 0) is 4.74 Å². The summed E-state index contributed by atoms with van der Waals surface area (Å²) in [6, 6.07) is 0. The molecule has 1 atom stereocenters. The third-order valence-corrected chi connectivity index (χ3v) is 2.94. The number of carbonyl (C=O) groups is 2. The molecule has 18 heavy (non-hydrogen) atoms. The van der Waals surface area contributed by atoms with E-state index in [1.54, 1.807) is 0 Å². The summed E-state index contributed by atoms with van der Waals surface area (Å²) < 4.78 is 7.08. The van der Waals surface area contributed by atoms with Gasteiger partial charge in [-0.1, -0.05) is 0 Å². The van der Waals surface area contributed by atoms with Gasteiger partial charge in [0.2, 0.25) is 0 Å². The monoisotopic (exact) mass is 252 g/mol. The second-order valence-electron chi connectivity index (χ2n) is 4.25. The first-order chi connectivity index (χ1) is 8.76. The SMILES string of the molecule is O=Cc1cn(C2CCCCO2)nc1C(=O)CCO. The van der Waals surface area contributed by atoms with Crippen molar-refractivity contribution < 1.29 is 19.4 Å². The maximum atomic E-state index is 11.7. The molecule has 1 aromatic heterocycles. The number of hydrogen-bond donors (Lipinski definition) is 1. The molecule has 0 amide bonds. The van der Waals surface area contributed by atoms with E-state index in [4.69, 9.17) is 9.84 Å². The van der Waals surface area contributed by atoms with Gasteiger partial charge in [-0.25, -0.2) is 4.68 Å². The first-order valence-corrected chi connectivity index (χ1v) is 6.06. The number of hydrogen-bond acceptors (Lipinski definition) is 5. The van der Waals surface area contributed by atoms with Crippen LogP contribution in [0, 0.1) is 0 Å². The van der Waals surface area contributed by atoms with E-state index in [-0.39, 0.29) is 36.3 Å². The topological polar surface area (TPSA) is 81.4 Å². The van der Waals surface area contributed by atoms with Crippen molar-refractivity contribution in [2.24, 2.45) is 0 Å². The lowest BCUT2D eigenvalue weighted by molar-refractivity contribution is -0.0396. The van der Waals surface area contributed by atoms with Crippen LogP contribution in [0.1, 0.15) is 52.8 Å². The summed E-state index contributed by atoms with van der Waals surface area (Å²) >= 11 is 0. The molecular weight excluding hydrogens is 236 g/mol. The highest BCUT2D eigenvalue weighted by Gasteiger charge is 2.21. The zero-order valence-corrected chi connectivity index (χ0v) is 10.0. The van der Waals surface area contributed by atoms with Gasteiger partial charge in [0.25, 0.3) is 0 Å². The van der Waals surface area contributed by atoms with Gasteiger partial charge in [-0.3, -0.25) is 9.59 Å². The van der Waals surface area contributed by atoms with E-state index in [1.807, 2.05) is 0 Å². The van der Waals surface area contributed by atoms with Crippen molar-refractivity contribution in [1.82, 2.24) is 9.78 Å². The molecule has 0 aliphatic carbocycles. The molecule has 6 nitrogen and oxygen atoms in total. The molecular formula is C12H16N2O4. The molecule has 0 spiro atoms. The second kappa shape index (κ2) is 5.88. The van der Waals surface area contributed by atoms with Crippen LogP contribution in [0.3, 0.4) is 0 Å². The summed E-state index contributed by atoms with van der Waals surface area (Å²) in [6.45, 7) is 0.421. The van der Waals surface area contributed by atoms with Gasteiger partial charge in [0.15, 0.2) is 12.1 Å². The number of aliphatic hydroxyl groups is 1. The molecule has 0 radical (unpaired) electrons. The van der Waals surface area contributed by atoms with Crippen LogP contribution in [0.15, 0.2) is 6.20 Å². The van der Waals surface area contributed by atoms with Crippen LogP contribution in [0.25, 0.3) is 0 Å². The predicted molar refractivity (Wildman–Crippen MR) is 62.5 cm³/mol. The summed E-state index contributed by atoms with van der Waals surface area (Å²) in [5.74, 6) is -0.325. The molecule has 98 valence electrons. The van der Waals surface area contributed by atoms with E-state index in [0.717, 1.165) is 19.3 Å². The summed E-state index contributed by atoms with van der Waals surface area (Å²) in [5.41, 5.74) is 0.371. The molecule has 1 aliphatic heterocycles. The Morgan fingerprint density at radius 1 is 1.61 bits per heavy atom. The van der Waals surface area contributed by atoms with Crippen LogP contribution >= 0.6 is 0 Å². The molecule has 1 N–H and O–H groups in total. The van der Waals surface area contributed by atoms with Crippen molar-refractivity contribution in [1.29, 1.82) is 0 Å². The van der Waals surface area contributed by atoms with Gasteiger partial charge >= 0.3 is 0 Å². The van der Waals surface area contributed by atoms with E-state index < -0.39 is 0 Å². The number of Topliss-reactive ketones (excluding diaryl/α,β-unsaturated/α-hetero) is 1. The lowest BCUT2D eigenvalue weighted by atomic mass is 10.1. The highest BCUT2D eigenvalue weighted by atomic mass is 16.5. The summed E-state index contributed by atoms with van der Waals surface area (Å²) in [7, 11) is 0. The Morgan fingerprint density at radius 3 is 3.06 bits per heavy atom. The Labute approximate surface area is 105 Å². The van der Waals surface area contributed by atoms with E-state index >= 15 is 0 Å². The fourth-order valence-electron chi connectivity index (χ4n) is 2.01. The van der Waals surface area contributed by atoms with E-state index in [2.05, 4.69) is 5.10 Å². The van der Waals surface area contributed by atoms with Gasteiger partial charge < -0.3 is 9.84 Å². The minimum absolute atomic E-state index is 0.0244. The first-order valence-electron chi connectivity index (χ1n) is 6.06. The van der Waals surface area contributed by atoms with Crippen molar-refractivity contribution in [3.05, 3.63) is 17.5 Å². The molecule has 1 fully saturated rings.